The SMILES string of the molecule is CC(C)C(C)(O)CNC(=O)CCc1cccc(Cl)c1. The first-order chi connectivity index (χ1) is 8.81. The Morgan fingerprint density at radius 1 is 1.47 bits per heavy atom. The summed E-state index contributed by atoms with van der Waals surface area (Å²) in [5.41, 5.74) is 0.171. The molecule has 0 spiro atoms. The summed E-state index contributed by atoms with van der Waals surface area (Å²) in [7, 11) is 0. The number of rotatable bonds is 6. The fraction of sp³-hybridized carbons (Fsp3) is 0.533. The van der Waals surface area contributed by atoms with Crippen molar-refractivity contribution in [1.82, 2.24) is 5.32 Å². The first-order valence-electron chi connectivity index (χ1n) is 6.55. The zero-order chi connectivity index (χ0) is 14.5. The molecule has 4 heteroatoms. The Morgan fingerprint density at radius 2 is 2.16 bits per heavy atom. The number of nitrogens with one attached hydrogen (secondary N) is 1. The Balaban J connectivity index is 2.36. The Hall–Kier alpha value is -1.06. The van der Waals surface area contributed by atoms with Crippen molar-refractivity contribution in [3.63, 3.8) is 0 Å². The van der Waals surface area contributed by atoms with Crippen molar-refractivity contribution in [2.45, 2.75) is 39.2 Å². The molecule has 0 saturated heterocycles. The van der Waals surface area contributed by atoms with E-state index >= 15 is 0 Å². The summed E-state index contributed by atoms with van der Waals surface area (Å²) in [6.07, 6.45) is 1.05. The van der Waals surface area contributed by atoms with E-state index in [0.717, 1.165) is 5.56 Å². The molecule has 0 aliphatic rings. The molecule has 2 N–H and O–H groups in total. The van der Waals surface area contributed by atoms with Gasteiger partial charge in [-0.2, -0.15) is 0 Å². The van der Waals surface area contributed by atoms with Gasteiger partial charge >= 0.3 is 0 Å². The minimum atomic E-state index is -0.869. The van der Waals surface area contributed by atoms with E-state index in [1.54, 1.807) is 6.92 Å². The molecule has 1 aromatic carbocycles. The van der Waals surface area contributed by atoms with Crippen LogP contribution in [-0.2, 0) is 11.2 Å². The Morgan fingerprint density at radius 3 is 2.74 bits per heavy atom. The smallest absolute Gasteiger partial charge is 0.220 e. The van der Waals surface area contributed by atoms with E-state index in [2.05, 4.69) is 5.32 Å². The first-order valence-corrected chi connectivity index (χ1v) is 6.92. The predicted molar refractivity (Wildman–Crippen MR) is 78.2 cm³/mol. The third-order valence-electron chi connectivity index (χ3n) is 3.42. The van der Waals surface area contributed by atoms with E-state index in [4.69, 9.17) is 11.6 Å². The first kappa shape index (κ1) is 16.0. The molecule has 0 aromatic heterocycles. The van der Waals surface area contributed by atoms with Gasteiger partial charge in [0.05, 0.1) is 5.60 Å². The predicted octanol–water partition coefficient (Wildman–Crippen LogP) is 2.80. The quantitative estimate of drug-likeness (QED) is 0.843. The molecule has 0 heterocycles. The van der Waals surface area contributed by atoms with E-state index in [9.17, 15) is 9.90 Å². The molecule has 0 radical (unpaired) electrons. The average Bonchev–Trinajstić information content (AvgIpc) is 2.34. The van der Waals surface area contributed by atoms with Crippen LogP contribution >= 0.6 is 11.6 Å². The number of aliphatic hydroxyl groups is 1. The van der Waals surface area contributed by atoms with Gasteiger partial charge in [0.15, 0.2) is 0 Å². The number of benzene rings is 1. The molecule has 0 bridgehead atoms. The lowest BCUT2D eigenvalue weighted by molar-refractivity contribution is -0.122. The summed E-state index contributed by atoms with van der Waals surface area (Å²) >= 11 is 5.88. The zero-order valence-electron chi connectivity index (χ0n) is 11.7. The second-order valence-corrected chi connectivity index (χ2v) is 5.85. The van der Waals surface area contributed by atoms with Gasteiger partial charge in [0.2, 0.25) is 5.91 Å². The number of amides is 1. The van der Waals surface area contributed by atoms with Crippen molar-refractivity contribution in [2.75, 3.05) is 6.54 Å². The van der Waals surface area contributed by atoms with Crippen LogP contribution in [0.25, 0.3) is 0 Å². The molecule has 3 nitrogen and oxygen atoms in total. The summed E-state index contributed by atoms with van der Waals surface area (Å²) in [5, 5.41) is 13.5. The van der Waals surface area contributed by atoms with Gasteiger partial charge in [0.1, 0.15) is 0 Å². The summed E-state index contributed by atoms with van der Waals surface area (Å²) < 4.78 is 0. The maximum Gasteiger partial charge on any atom is 0.220 e. The Bertz CT molecular complexity index is 430. The summed E-state index contributed by atoms with van der Waals surface area (Å²) in [6.45, 7) is 5.87. The van der Waals surface area contributed by atoms with Crippen LogP contribution in [0.2, 0.25) is 5.02 Å². The van der Waals surface area contributed by atoms with Crippen LogP contribution in [0.3, 0.4) is 0 Å². The highest BCUT2D eigenvalue weighted by Gasteiger charge is 2.25. The molecular formula is C15H22ClNO2. The van der Waals surface area contributed by atoms with E-state index < -0.39 is 5.60 Å². The molecule has 19 heavy (non-hydrogen) atoms. The maximum absolute atomic E-state index is 11.7. The minimum absolute atomic E-state index is 0.0547. The molecule has 1 rings (SSSR count). The second-order valence-electron chi connectivity index (χ2n) is 5.42. The minimum Gasteiger partial charge on any atom is -0.388 e. The van der Waals surface area contributed by atoms with Crippen molar-refractivity contribution in [2.24, 2.45) is 5.92 Å². The molecule has 0 aliphatic heterocycles. The maximum atomic E-state index is 11.7. The van der Waals surface area contributed by atoms with Crippen LogP contribution in [0.1, 0.15) is 32.8 Å². The monoisotopic (exact) mass is 283 g/mol. The van der Waals surface area contributed by atoms with Gasteiger partial charge in [-0.25, -0.2) is 0 Å². The number of halogens is 1. The fourth-order valence-electron chi connectivity index (χ4n) is 1.52. The van der Waals surface area contributed by atoms with Gasteiger partial charge in [-0.1, -0.05) is 37.6 Å². The second kappa shape index (κ2) is 6.92. The molecule has 1 unspecified atom stereocenters. The van der Waals surface area contributed by atoms with Crippen LogP contribution in [-0.4, -0.2) is 23.2 Å². The zero-order valence-corrected chi connectivity index (χ0v) is 12.5. The highest BCUT2D eigenvalue weighted by molar-refractivity contribution is 6.30. The lowest BCUT2D eigenvalue weighted by Gasteiger charge is -2.27. The number of aryl methyl sites for hydroxylation is 1. The van der Waals surface area contributed by atoms with Crippen molar-refractivity contribution in [3.8, 4) is 0 Å². The van der Waals surface area contributed by atoms with Crippen LogP contribution < -0.4 is 5.32 Å². The Labute approximate surface area is 120 Å². The summed E-state index contributed by atoms with van der Waals surface area (Å²) in [6, 6.07) is 7.49. The standard InChI is InChI=1S/C15H22ClNO2/c1-11(2)15(3,19)10-17-14(18)8-7-12-5-4-6-13(16)9-12/h4-6,9,11,19H,7-8,10H2,1-3H3,(H,17,18). The number of hydrogen-bond donors (Lipinski definition) is 2. The third kappa shape index (κ3) is 5.62. The van der Waals surface area contributed by atoms with Crippen LogP contribution in [0, 0.1) is 5.92 Å². The van der Waals surface area contributed by atoms with Crippen LogP contribution in [0.15, 0.2) is 24.3 Å². The highest BCUT2D eigenvalue weighted by atomic mass is 35.5. The molecule has 1 aromatic rings. The summed E-state index contributed by atoms with van der Waals surface area (Å²) in [4.78, 5) is 11.7. The lowest BCUT2D eigenvalue weighted by Crippen LogP contribution is -2.44. The van der Waals surface area contributed by atoms with Crippen LogP contribution in [0.4, 0.5) is 0 Å². The van der Waals surface area contributed by atoms with Crippen molar-refractivity contribution in [3.05, 3.63) is 34.9 Å². The highest BCUT2D eigenvalue weighted by Crippen LogP contribution is 2.15. The fourth-order valence-corrected chi connectivity index (χ4v) is 1.73. The van der Waals surface area contributed by atoms with Gasteiger partial charge < -0.3 is 10.4 Å². The van der Waals surface area contributed by atoms with Gasteiger partial charge in [-0.05, 0) is 37.0 Å². The number of hydrogen-bond acceptors (Lipinski definition) is 2. The molecule has 0 saturated carbocycles. The van der Waals surface area contributed by atoms with Gasteiger partial charge in [0, 0.05) is 18.0 Å². The van der Waals surface area contributed by atoms with Gasteiger partial charge in [-0.15, -0.1) is 0 Å². The van der Waals surface area contributed by atoms with E-state index in [1.807, 2.05) is 38.1 Å². The number of carbonyl (C=O) groups excluding carboxylic acids is 1. The largest absolute Gasteiger partial charge is 0.388 e. The molecule has 0 fully saturated rings. The average molecular weight is 284 g/mol. The lowest BCUT2D eigenvalue weighted by atomic mass is 9.92. The molecule has 0 aliphatic carbocycles. The third-order valence-corrected chi connectivity index (χ3v) is 3.65. The van der Waals surface area contributed by atoms with Gasteiger partial charge in [0.25, 0.3) is 0 Å². The summed E-state index contributed by atoms with van der Waals surface area (Å²) in [5.74, 6) is 0.0432. The van der Waals surface area contributed by atoms with E-state index in [0.29, 0.717) is 17.9 Å². The molecule has 106 valence electrons. The van der Waals surface area contributed by atoms with Crippen molar-refractivity contribution in [1.29, 1.82) is 0 Å². The van der Waals surface area contributed by atoms with Crippen molar-refractivity contribution >= 4 is 17.5 Å². The normalized spacial score (nSPS) is 14.2. The number of carbonyl (C=O) groups is 1. The van der Waals surface area contributed by atoms with E-state index in [1.165, 1.54) is 0 Å². The van der Waals surface area contributed by atoms with Crippen LogP contribution in [0.5, 0.6) is 0 Å². The topological polar surface area (TPSA) is 49.3 Å². The molecule has 1 amide bonds. The van der Waals surface area contributed by atoms with Gasteiger partial charge in [-0.3, -0.25) is 4.79 Å². The van der Waals surface area contributed by atoms with E-state index in [-0.39, 0.29) is 18.4 Å². The van der Waals surface area contributed by atoms with Crippen molar-refractivity contribution < 1.29 is 9.90 Å². The molecular weight excluding hydrogens is 262 g/mol. The molecule has 1 atom stereocenters. The Kier molecular flexibility index (Phi) is 5.83.